The van der Waals surface area contributed by atoms with Crippen LogP contribution in [-0.2, 0) is 10.0 Å². The summed E-state index contributed by atoms with van der Waals surface area (Å²) in [6.07, 6.45) is 0.746. The molecule has 164 valence electrons. The lowest BCUT2D eigenvalue weighted by molar-refractivity contribution is 0.297. The monoisotopic (exact) mass is 449 g/mol. The molecule has 1 atom stereocenters. The summed E-state index contributed by atoms with van der Waals surface area (Å²) in [7, 11) is -3.90. The number of benzene rings is 3. The molecular weight excluding hydrogens is 426 g/mol. The first-order valence-electron chi connectivity index (χ1n) is 10.5. The Hall–Kier alpha value is -3.29. The van der Waals surface area contributed by atoms with Crippen LogP contribution in [0.1, 0.15) is 29.3 Å². The van der Waals surface area contributed by atoms with Crippen LogP contribution in [0.2, 0.25) is 0 Å². The van der Waals surface area contributed by atoms with Crippen LogP contribution in [-0.4, -0.2) is 21.6 Å². The van der Waals surface area contributed by atoms with E-state index in [9.17, 15) is 8.42 Å². The lowest BCUT2D eigenvalue weighted by Crippen LogP contribution is -2.29. The van der Waals surface area contributed by atoms with Gasteiger partial charge in [-0.2, -0.15) is 4.72 Å². The molecule has 32 heavy (non-hydrogen) atoms. The second kappa shape index (κ2) is 8.33. The molecule has 0 spiro atoms. The van der Waals surface area contributed by atoms with Crippen molar-refractivity contribution in [3.63, 3.8) is 0 Å². The third kappa shape index (κ3) is 3.97. The van der Waals surface area contributed by atoms with Gasteiger partial charge in [0.25, 0.3) is 0 Å². The summed E-state index contributed by atoms with van der Waals surface area (Å²) in [6.45, 7) is 2.97. The summed E-state index contributed by atoms with van der Waals surface area (Å²) in [6, 6.07) is 21.2. The van der Waals surface area contributed by atoms with E-state index in [2.05, 4.69) is 4.72 Å². The van der Waals surface area contributed by atoms with Crippen molar-refractivity contribution in [1.82, 2.24) is 4.72 Å². The van der Waals surface area contributed by atoms with E-state index < -0.39 is 16.1 Å². The Bertz CT molecular complexity index is 1340. The zero-order valence-electron chi connectivity index (χ0n) is 17.6. The fourth-order valence-corrected chi connectivity index (χ4v) is 5.06. The van der Waals surface area contributed by atoms with Crippen LogP contribution >= 0.6 is 0 Å². The molecule has 3 aromatic carbocycles. The second-order valence-corrected chi connectivity index (χ2v) is 9.47. The van der Waals surface area contributed by atoms with E-state index in [-0.39, 0.29) is 4.90 Å². The number of sulfonamides is 1. The Kier molecular flexibility index (Phi) is 5.36. The Morgan fingerprint density at radius 1 is 0.875 bits per heavy atom. The number of rotatable bonds is 5. The van der Waals surface area contributed by atoms with Crippen LogP contribution in [0.3, 0.4) is 0 Å². The summed E-state index contributed by atoms with van der Waals surface area (Å²) in [4.78, 5) is 0.108. The van der Waals surface area contributed by atoms with Crippen molar-refractivity contribution in [3.05, 3.63) is 89.7 Å². The highest BCUT2D eigenvalue weighted by Crippen LogP contribution is 2.34. The normalized spacial score (nSPS) is 14.8. The number of nitrogens with one attached hydrogen (secondary N) is 1. The van der Waals surface area contributed by atoms with E-state index in [4.69, 9.17) is 13.9 Å². The third-order valence-corrected chi connectivity index (χ3v) is 6.95. The van der Waals surface area contributed by atoms with Gasteiger partial charge in [-0.05, 0) is 42.3 Å². The number of furan rings is 1. The standard InChI is InChI=1S/C25H23NO5S/c1-17-7-2-4-9-20(17)25(24-15-18-8-3-5-10-21(18)31-24)26-32(27,28)19-11-12-22-23(16-19)30-14-6-13-29-22/h2-5,7-12,15-16,25-26H,6,13-14H2,1H3/t25-/m1/s1. The molecule has 1 aromatic heterocycles. The number of para-hydroxylation sites is 1. The number of aryl methyl sites for hydroxylation is 1. The first-order valence-corrected chi connectivity index (χ1v) is 12.0. The third-order valence-electron chi connectivity index (χ3n) is 5.53. The van der Waals surface area contributed by atoms with E-state index in [0.29, 0.717) is 36.1 Å². The molecule has 1 aliphatic heterocycles. The molecule has 0 bridgehead atoms. The van der Waals surface area contributed by atoms with Crippen LogP contribution in [0.25, 0.3) is 11.0 Å². The second-order valence-electron chi connectivity index (χ2n) is 7.76. The van der Waals surface area contributed by atoms with Gasteiger partial charge in [-0.25, -0.2) is 8.42 Å². The van der Waals surface area contributed by atoms with Gasteiger partial charge in [0, 0.05) is 17.9 Å². The summed E-state index contributed by atoms with van der Waals surface area (Å²) < 4.78 is 47.1. The maximum atomic E-state index is 13.4. The molecule has 0 unspecified atom stereocenters. The SMILES string of the molecule is Cc1ccccc1[C@@H](NS(=O)(=O)c1ccc2c(c1)OCCCO2)c1cc2ccccc2o1. The average Bonchev–Trinajstić information content (AvgIpc) is 3.08. The smallest absolute Gasteiger partial charge is 0.241 e. The van der Waals surface area contributed by atoms with Gasteiger partial charge in [0.2, 0.25) is 10.0 Å². The zero-order valence-corrected chi connectivity index (χ0v) is 18.4. The minimum atomic E-state index is -3.90. The molecular formula is C25H23NO5S. The van der Waals surface area contributed by atoms with Crippen LogP contribution in [0.5, 0.6) is 11.5 Å². The van der Waals surface area contributed by atoms with Gasteiger partial charge < -0.3 is 13.9 Å². The molecule has 0 saturated heterocycles. The lowest BCUT2D eigenvalue weighted by atomic mass is 10.00. The van der Waals surface area contributed by atoms with Gasteiger partial charge in [0.1, 0.15) is 17.4 Å². The fourth-order valence-electron chi connectivity index (χ4n) is 3.86. The first-order chi connectivity index (χ1) is 15.5. The van der Waals surface area contributed by atoms with Gasteiger partial charge in [-0.15, -0.1) is 0 Å². The van der Waals surface area contributed by atoms with Crippen molar-refractivity contribution < 1.29 is 22.3 Å². The lowest BCUT2D eigenvalue weighted by Gasteiger charge is -2.19. The molecule has 0 aliphatic carbocycles. The zero-order chi connectivity index (χ0) is 22.1. The summed E-state index contributed by atoms with van der Waals surface area (Å²) in [5.41, 5.74) is 2.49. The van der Waals surface area contributed by atoms with Crippen LogP contribution in [0.15, 0.2) is 82.1 Å². The van der Waals surface area contributed by atoms with Crippen LogP contribution in [0, 0.1) is 6.92 Å². The van der Waals surface area contributed by atoms with E-state index >= 15 is 0 Å². The number of hydrogen-bond acceptors (Lipinski definition) is 5. The number of ether oxygens (including phenoxy) is 2. The molecule has 7 heteroatoms. The minimum Gasteiger partial charge on any atom is -0.490 e. The van der Waals surface area contributed by atoms with E-state index in [0.717, 1.165) is 22.9 Å². The van der Waals surface area contributed by atoms with Crippen LogP contribution in [0.4, 0.5) is 0 Å². The summed E-state index contributed by atoms with van der Waals surface area (Å²) in [5, 5.41) is 0.913. The van der Waals surface area contributed by atoms with Gasteiger partial charge in [0.05, 0.1) is 18.1 Å². The van der Waals surface area contributed by atoms with Crippen molar-refractivity contribution in [2.24, 2.45) is 0 Å². The summed E-state index contributed by atoms with van der Waals surface area (Å²) >= 11 is 0. The van der Waals surface area contributed by atoms with E-state index in [1.54, 1.807) is 6.07 Å². The first kappa shape index (κ1) is 20.6. The van der Waals surface area contributed by atoms with Crippen molar-refractivity contribution >= 4 is 21.0 Å². The number of fused-ring (bicyclic) bond motifs is 2. The van der Waals surface area contributed by atoms with Crippen molar-refractivity contribution in [3.8, 4) is 11.5 Å². The van der Waals surface area contributed by atoms with Gasteiger partial charge in [0.15, 0.2) is 11.5 Å². The molecule has 0 saturated carbocycles. The number of hydrogen-bond donors (Lipinski definition) is 1. The van der Waals surface area contributed by atoms with Crippen molar-refractivity contribution in [1.29, 1.82) is 0 Å². The average molecular weight is 450 g/mol. The maximum Gasteiger partial charge on any atom is 0.241 e. The molecule has 0 amide bonds. The molecule has 1 N–H and O–H groups in total. The maximum absolute atomic E-state index is 13.4. The van der Waals surface area contributed by atoms with Gasteiger partial charge in [-0.3, -0.25) is 0 Å². The predicted molar refractivity (Wildman–Crippen MR) is 122 cm³/mol. The van der Waals surface area contributed by atoms with Crippen molar-refractivity contribution in [2.75, 3.05) is 13.2 Å². The molecule has 0 fully saturated rings. The molecule has 2 heterocycles. The highest BCUT2D eigenvalue weighted by molar-refractivity contribution is 7.89. The molecule has 5 rings (SSSR count). The summed E-state index contributed by atoms with van der Waals surface area (Å²) in [5.74, 6) is 1.51. The molecule has 4 aromatic rings. The highest BCUT2D eigenvalue weighted by Gasteiger charge is 2.28. The largest absolute Gasteiger partial charge is 0.490 e. The fraction of sp³-hybridized carbons (Fsp3) is 0.200. The van der Waals surface area contributed by atoms with Gasteiger partial charge in [-0.1, -0.05) is 42.5 Å². The Morgan fingerprint density at radius 2 is 1.62 bits per heavy atom. The Balaban J connectivity index is 1.56. The molecule has 1 aliphatic rings. The van der Waals surface area contributed by atoms with Crippen LogP contribution < -0.4 is 14.2 Å². The molecule has 0 radical (unpaired) electrons. The predicted octanol–water partition coefficient (Wildman–Crippen LogP) is 4.97. The van der Waals surface area contributed by atoms with Gasteiger partial charge >= 0.3 is 0 Å². The van der Waals surface area contributed by atoms with Crippen molar-refractivity contribution in [2.45, 2.75) is 24.3 Å². The minimum absolute atomic E-state index is 0.108. The quantitative estimate of drug-likeness (QED) is 0.465. The van der Waals surface area contributed by atoms with E-state index in [1.807, 2.05) is 61.5 Å². The Morgan fingerprint density at radius 3 is 2.44 bits per heavy atom. The Labute approximate surface area is 186 Å². The highest BCUT2D eigenvalue weighted by atomic mass is 32.2. The van der Waals surface area contributed by atoms with E-state index in [1.165, 1.54) is 12.1 Å². The topological polar surface area (TPSA) is 77.8 Å². The molecule has 6 nitrogen and oxygen atoms in total.